The molecule has 0 spiro atoms. The van der Waals surface area contributed by atoms with Gasteiger partial charge in [-0.1, -0.05) is 29.8 Å². The number of hydrogen-bond acceptors (Lipinski definition) is 2. The number of carbonyl (C=O) groups is 2. The van der Waals surface area contributed by atoms with Gasteiger partial charge in [0.15, 0.2) is 0 Å². The summed E-state index contributed by atoms with van der Waals surface area (Å²) in [5.74, 6) is -1.01. The molecule has 1 aliphatic rings. The molecule has 1 amide bonds. The van der Waals surface area contributed by atoms with Crippen molar-refractivity contribution in [1.29, 1.82) is 0 Å². The second-order valence-corrected chi connectivity index (χ2v) is 5.44. The van der Waals surface area contributed by atoms with Crippen molar-refractivity contribution < 1.29 is 14.7 Å². The van der Waals surface area contributed by atoms with E-state index in [1.807, 2.05) is 18.2 Å². The van der Waals surface area contributed by atoms with E-state index in [0.717, 1.165) is 18.4 Å². The van der Waals surface area contributed by atoms with Gasteiger partial charge in [0.25, 0.3) is 0 Å². The number of carboxylic acids is 1. The summed E-state index contributed by atoms with van der Waals surface area (Å²) >= 11 is 6.05. The maximum atomic E-state index is 12.2. The number of hydrogen-bond donors (Lipinski definition) is 1. The summed E-state index contributed by atoms with van der Waals surface area (Å²) in [4.78, 5) is 24.9. The highest BCUT2D eigenvalue weighted by Gasteiger charge is 2.31. The van der Waals surface area contributed by atoms with E-state index in [-0.39, 0.29) is 5.91 Å². The predicted molar refractivity (Wildman–Crippen MR) is 76.8 cm³/mol. The average molecular weight is 296 g/mol. The van der Waals surface area contributed by atoms with E-state index >= 15 is 0 Å². The summed E-state index contributed by atoms with van der Waals surface area (Å²) < 4.78 is 0. The fourth-order valence-corrected chi connectivity index (χ4v) is 2.80. The number of carboxylic acid groups (broad SMARTS) is 1. The maximum Gasteiger partial charge on any atom is 0.326 e. The Labute approximate surface area is 123 Å². The van der Waals surface area contributed by atoms with Gasteiger partial charge < -0.3 is 10.0 Å². The summed E-state index contributed by atoms with van der Waals surface area (Å²) in [7, 11) is 0. The largest absolute Gasteiger partial charge is 0.480 e. The van der Waals surface area contributed by atoms with Gasteiger partial charge >= 0.3 is 5.97 Å². The molecular weight excluding hydrogens is 278 g/mol. The molecule has 1 saturated heterocycles. The van der Waals surface area contributed by atoms with Gasteiger partial charge in [-0.2, -0.15) is 0 Å². The highest BCUT2D eigenvalue weighted by atomic mass is 35.5. The Kier molecular flexibility index (Phi) is 5.01. The first-order valence-electron chi connectivity index (χ1n) is 6.85. The smallest absolute Gasteiger partial charge is 0.326 e. The lowest BCUT2D eigenvalue weighted by atomic mass is 10.0. The molecule has 1 fully saturated rings. The number of benzene rings is 1. The zero-order chi connectivity index (χ0) is 14.5. The van der Waals surface area contributed by atoms with Crippen molar-refractivity contribution >= 4 is 23.5 Å². The van der Waals surface area contributed by atoms with Crippen molar-refractivity contribution in [2.24, 2.45) is 0 Å². The lowest BCUT2D eigenvalue weighted by Crippen LogP contribution is -2.48. The number of aliphatic carboxylic acids is 1. The van der Waals surface area contributed by atoms with Gasteiger partial charge in [-0.25, -0.2) is 4.79 Å². The first kappa shape index (κ1) is 14.9. The summed E-state index contributed by atoms with van der Waals surface area (Å²) in [5, 5.41) is 9.82. The number of piperidine rings is 1. The Bertz CT molecular complexity index is 504. The van der Waals surface area contributed by atoms with Crippen molar-refractivity contribution in [2.75, 3.05) is 6.54 Å². The minimum absolute atomic E-state index is 0.1000. The fraction of sp³-hybridized carbons (Fsp3) is 0.467. The second-order valence-electron chi connectivity index (χ2n) is 5.03. The SMILES string of the molecule is O=C(O)[C@@H]1CCCCN1C(=O)CCc1ccccc1Cl. The number of rotatable bonds is 4. The van der Waals surface area contributed by atoms with Gasteiger partial charge in [-0.05, 0) is 37.3 Å². The summed E-state index contributed by atoms with van der Waals surface area (Å²) in [6, 6.07) is 6.75. The summed E-state index contributed by atoms with van der Waals surface area (Å²) in [5.41, 5.74) is 0.923. The van der Waals surface area contributed by atoms with Gasteiger partial charge in [0, 0.05) is 18.0 Å². The highest BCUT2D eigenvalue weighted by Crippen LogP contribution is 2.21. The van der Waals surface area contributed by atoms with E-state index in [0.29, 0.717) is 30.8 Å². The quantitative estimate of drug-likeness (QED) is 0.929. The average Bonchev–Trinajstić information content (AvgIpc) is 2.46. The van der Waals surface area contributed by atoms with E-state index < -0.39 is 12.0 Å². The number of nitrogens with zero attached hydrogens (tertiary/aromatic N) is 1. The molecule has 1 aromatic rings. The maximum absolute atomic E-state index is 12.2. The first-order chi connectivity index (χ1) is 9.59. The van der Waals surface area contributed by atoms with Crippen LogP contribution in [0.3, 0.4) is 0 Å². The molecule has 0 aromatic heterocycles. The molecule has 2 rings (SSSR count). The van der Waals surface area contributed by atoms with Crippen LogP contribution in [0.1, 0.15) is 31.2 Å². The van der Waals surface area contributed by atoms with Crippen LogP contribution in [0.2, 0.25) is 5.02 Å². The number of aryl methyl sites for hydroxylation is 1. The first-order valence-corrected chi connectivity index (χ1v) is 7.23. The molecule has 1 heterocycles. The number of amides is 1. The Morgan fingerprint density at radius 2 is 2.05 bits per heavy atom. The van der Waals surface area contributed by atoms with Crippen LogP contribution in [0.4, 0.5) is 0 Å². The minimum atomic E-state index is -0.907. The topological polar surface area (TPSA) is 57.6 Å². The Balaban J connectivity index is 1.97. The zero-order valence-electron chi connectivity index (χ0n) is 11.2. The second kappa shape index (κ2) is 6.75. The molecule has 20 heavy (non-hydrogen) atoms. The highest BCUT2D eigenvalue weighted by molar-refractivity contribution is 6.31. The fourth-order valence-electron chi connectivity index (χ4n) is 2.57. The van der Waals surface area contributed by atoms with Crippen LogP contribution >= 0.6 is 11.6 Å². The van der Waals surface area contributed by atoms with E-state index in [2.05, 4.69) is 0 Å². The standard InChI is InChI=1S/C15H18ClNO3/c16-12-6-2-1-5-11(12)8-9-14(18)17-10-4-3-7-13(17)15(19)20/h1-2,5-6,13H,3-4,7-10H2,(H,19,20)/t13-/m0/s1. The van der Waals surface area contributed by atoms with Crippen LogP contribution in [-0.2, 0) is 16.0 Å². The van der Waals surface area contributed by atoms with Crippen molar-refractivity contribution in [3.8, 4) is 0 Å². The van der Waals surface area contributed by atoms with Crippen LogP contribution in [0.15, 0.2) is 24.3 Å². The number of halogens is 1. The molecule has 1 aromatic carbocycles. The van der Waals surface area contributed by atoms with E-state index in [1.54, 1.807) is 6.07 Å². The van der Waals surface area contributed by atoms with Crippen LogP contribution in [0, 0.1) is 0 Å². The summed E-state index contributed by atoms with van der Waals surface area (Å²) in [6.07, 6.45) is 3.13. The lowest BCUT2D eigenvalue weighted by molar-refractivity contribution is -0.152. The normalized spacial score (nSPS) is 18.9. The molecular formula is C15H18ClNO3. The molecule has 0 aliphatic carbocycles. The molecule has 0 saturated carbocycles. The van der Waals surface area contributed by atoms with Crippen molar-refractivity contribution in [3.63, 3.8) is 0 Å². The monoisotopic (exact) mass is 295 g/mol. The van der Waals surface area contributed by atoms with Crippen LogP contribution in [-0.4, -0.2) is 34.5 Å². The van der Waals surface area contributed by atoms with Crippen LogP contribution in [0.5, 0.6) is 0 Å². The van der Waals surface area contributed by atoms with Gasteiger partial charge in [0.2, 0.25) is 5.91 Å². The third-order valence-corrected chi connectivity index (χ3v) is 4.04. The Morgan fingerprint density at radius 3 is 2.75 bits per heavy atom. The molecule has 4 nitrogen and oxygen atoms in total. The van der Waals surface area contributed by atoms with Crippen LogP contribution < -0.4 is 0 Å². The summed E-state index contributed by atoms with van der Waals surface area (Å²) in [6.45, 7) is 0.540. The van der Waals surface area contributed by atoms with E-state index in [9.17, 15) is 14.7 Å². The lowest BCUT2D eigenvalue weighted by Gasteiger charge is -2.33. The molecule has 1 aliphatic heterocycles. The van der Waals surface area contributed by atoms with Gasteiger partial charge in [-0.15, -0.1) is 0 Å². The number of carbonyl (C=O) groups excluding carboxylic acids is 1. The van der Waals surface area contributed by atoms with Gasteiger partial charge in [0.1, 0.15) is 6.04 Å². The Morgan fingerprint density at radius 1 is 1.30 bits per heavy atom. The molecule has 0 unspecified atom stereocenters. The molecule has 1 atom stereocenters. The van der Waals surface area contributed by atoms with E-state index in [4.69, 9.17) is 11.6 Å². The Hall–Kier alpha value is -1.55. The van der Waals surface area contributed by atoms with E-state index in [1.165, 1.54) is 4.90 Å². The predicted octanol–water partition coefficient (Wildman–Crippen LogP) is 2.74. The van der Waals surface area contributed by atoms with Gasteiger partial charge in [0.05, 0.1) is 0 Å². The molecule has 108 valence electrons. The minimum Gasteiger partial charge on any atom is -0.480 e. The zero-order valence-corrected chi connectivity index (χ0v) is 12.0. The molecule has 0 radical (unpaired) electrons. The van der Waals surface area contributed by atoms with Crippen LogP contribution in [0.25, 0.3) is 0 Å². The molecule has 1 N–H and O–H groups in total. The third-order valence-electron chi connectivity index (χ3n) is 3.67. The third kappa shape index (κ3) is 3.51. The van der Waals surface area contributed by atoms with Gasteiger partial charge in [-0.3, -0.25) is 4.79 Å². The molecule has 0 bridgehead atoms. The van der Waals surface area contributed by atoms with Crippen molar-refractivity contribution in [2.45, 2.75) is 38.1 Å². The van der Waals surface area contributed by atoms with Crippen molar-refractivity contribution in [3.05, 3.63) is 34.9 Å². The molecule has 5 heteroatoms. The van der Waals surface area contributed by atoms with Crippen molar-refractivity contribution in [1.82, 2.24) is 4.90 Å². The number of likely N-dealkylation sites (tertiary alicyclic amines) is 1.